The van der Waals surface area contributed by atoms with Crippen molar-refractivity contribution in [2.24, 2.45) is 0 Å². The van der Waals surface area contributed by atoms with Gasteiger partial charge in [-0.2, -0.15) is 0 Å². The number of furan rings is 1. The van der Waals surface area contributed by atoms with E-state index in [1.807, 2.05) is 17.9 Å². The third-order valence-corrected chi connectivity index (χ3v) is 5.21. The van der Waals surface area contributed by atoms with Gasteiger partial charge in [0, 0.05) is 35.8 Å². The summed E-state index contributed by atoms with van der Waals surface area (Å²) in [4.78, 5) is 13.8. The smallest absolute Gasteiger partial charge is 0.409 e. The lowest BCUT2D eigenvalue weighted by Crippen LogP contribution is -2.38. The van der Waals surface area contributed by atoms with Crippen LogP contribution in [0.4, 0.5) is 4.79 Å². The van der Waals surface area contributed by atoms with Crippen LogP contribution in [-0.2, 0) is 11.3 Å². The van der Waals surface area contributed by atoms with Crippen LogP contribution < -0.4 is 0 Å². The van der Waals surface area contributed by atoms with Gasteiger partial charge in [0.25, 0.3) is 0 Å². The van der Waals surface area contributed by atoms with E-state index >= 15 is 0 Å². The average molecular weight is 352 g/mol. The summed E-state index contributed by atoms with van der Waals surface area (Å²) in [5, 5.41) is 1.31. The molecule has 3 heterocycles. The van der Waals surface area contributed by atoms with Crippen molar-refractivity contribution in [1.82, 2.24) is 9.47 Å². The molecular formula is C21H24N2O3. The topological polar surface area (TPSA) is 47.6 Å². The highest BCUT2D eigenvalue weighted by molar-refractivity contribution is 5.84. The van der Waals surface area contributed by atoms with Crippen LogP contribution in [0.25, 0.3) is 10.9 Å². The van der Waals surface area contributed by atoms with Crippen molar-refractivity contribution in [3.8, 4) is 0 Å². The SMILES string of the molecule is CCOC(=O)N1CCC(c2cn(Cc3ccoc3)c3ccccc23)CC1. The number of fused-ring (bicyclic) bond motifs is 1. The number of para-hydroxylation sites is 1. The molecule has 1 aromatic carbocycles. The highest BCUT2D eigenvalue weighted by atomic mass is 16.6. The summed E-state index contributed by atoms with van der Waals surface area (Å²) in [7, 11) is 0. The van der Waals surface area contributed by atoms with E-state index in [0.29, 0.717) is 12.5 Å². The molecular weight excluding hydrogens is 328 g/mol. The third-order valence-electron chi connectivity index (χ3n) is 5.21. The molecule has 5 nitrogen and oxygen atoms in total. The second-order valence-electron chi connectivity index (χ2n) is 6.82. The summed E-state index contributed by atoms with van der Waals surface area (Å²) in [6.07, 6.45) is 7.55. The van der Waals surface area contributed by atoms with Gasteiger partial charge < -0.3 is 18.6 Å². The maximum Gasteiger partial charge on any atom is 0.409 e. The van der Waals surface area contributed by atoms with Gasteiger partial charge in [-0.25, -0.2) is 4.79 Å². The third kappa shape index (κ3) is 3.21. The molecule has 0 saturated carbocycles. The van der Waals surface area contributed by atoms with Crippen LogP contribution in [0.2, 0.25) is 0 Å². The Balaban J connectivity index is 1.56. The number of hydrogen-bond donors (Lipinski definition) is 0. The standard InChI is InChI=1S/C21H24N2O3/c1-2-26-21(24)22-10-7-17(8-11-22)19-14-23(13-16-9-12-25-15-16)20-6-4-3-5-18(19)20/h3-6,9,12,14-15,17H,2,7-8,10-11,13H2,1H3. The van der Waals surface area contributed by atoms with Gasteiger partial charge in [-0.15, -0.1) is 0 Å². The van der Waals surface area contributed by atoms with Crippen molar-refractivity contribution in [2.45, 2.75) is 32.2 Å². The molecule has 5 heteroatoms. The minimum atomic E-state index is -0.187. The molecule has 136 valence electrons. The van der Waals surface area contributed by atoms with Crippen LogP contribution >= 0.6 is 0 Å². The molecule has 0 unspecified atom stereocenters. The minimum Gasteiger partial charge on any atom is -0.472 e. The molecule has 4 rings (SSSR count). The number of hydrogen-bond acceptors (Lipinski definition) is 3. The first-order valence-electron chi connectivity index (χ1n) is 9.26. The number of likely N-dealkylation sites (tertiary alicyclic amines) is 1. The number of nitrogens with zero attached hydrogens (tertiary/aromatic N) is 2. The number of carbonyl (C=O) groups is 1. The Morgan fingerprint density at radius 3 is 2.77 bits per heavy atom. The number of aromatic nitrogens is 1. The van der Waals surface area contributed by atoms with Gasteiger partial charge in [-0.3, -0.25) is 0 Å². The Hall–Kier alpha value is -2.69. The Kier molecular flexibility index (Phi) is 4.69. The lowest BCUT2D eigenvalue weighted by molar-refractivity contribution is 0.0971. The van der Waals surface area contributed by atoms with Crippen molar-refractivity contribution in [3.05, 3.63) is 60.2 Å². The number of ether oxygens (including phenoxy) is 1. The Morgan fingerprint density at radius 2 is 2.04 bits per heavy atom. The summed E-state index contributed by atoms with van der Waals surface area (Å²) >= 11 is 0. The lowest BCUT2D eigenvalue weighted by atomic mass is 9.89. The fraction of sp³-hybridized carbons (Fsp3) is 0.381. The molecule has 0 bridgehead atoms. The van der Waals surface area contributed by atoms with Crippen LogP contribution in [0.3, 0.4) is 0 Å². The van der Waals surface area contributed by atoms with Crippen molar-refractivity contribution >= 4 is 17.0 Å². The Labute approximate surface area is 153 Å². The predicted molar refractivity (Wildman–Crippen MR) is 100 cm³/mol. The average Bonchev–Trinajstić information content (AvgIpc) is 3.31. The zero-order chi connectivity index (χ0) is 17.9. The zero-order valence-electron chi connectivity index (χ0n) is 15.1. The molecule has 26 heavy (non-hydrogen) atoms. The molecule has 3 aromatic rings. The molecule has 0 radical (unpaired) electrons. The van der Waals surface area contributed by atoms with E-state index in [1.165, 1.54) is 16.5 Å². The normalized spacial score (nSPS) is 15.5. The molecule has 1 aliphatic heterocycles. The first-order valence-corrected chi connectivity index (χ1v) is 9.26. The number of carbonyl (C=O) groups excluding carboxylic acids is 1. The second kappa shape index (κ2) is 7.28. The maximum atomic E-state index is 11.9. The van der Waals surface area contributed by atoms with E-state index < -0.39 is 0 Å². The second-order valence-corrected chi connectivity index (χ2v) is 6.82. The number of benzene rings is 1. The van der Waals surface area contributed by atoms with Crippen molar-refractivity contribution in [2.75, 3.05) is 19.7 Å². The van der Waals surface area contributed by atoms with Crippen molar-refractivity contribution < 1.29 is 13.9 Å². The molecule has 0 aliphatic carbocycles. The highest BCUT2D eigenvalue weighted by Crippen LogP contribution is 2.35. The predicted octanol–water partition coefficient (Wildman–Crippen LogP) is 4.62. The fourth-order valence-electron chi connectivity index (χ4n) is 3.90. The van der Waals surface area contributed by atoms with E-state index in [4.69, 9.17) is 9.15 Å². The Morgan fingerprint density at radius 1 is 1.23 bits per heavy atom. The molecule has 0 N–H and O–H groups in total. The van der Waals surface area contributed by atoms with Crippen LogP contribution in [0.15, 0.2) is 53.5 Å². The van der Waals surface area contributed by atoms with E-state index in [2.05, 4.69) is 35.0 Å². The van der Waals surface area contributed by atoms with Gasteiger partial charge in [0.15, 0.2) is 0 Å². The summed E-state index contributed by atoms with van der Waals surface area (Å²) in [6, 6.07) is 10.6. The van der Waals surface area contributed by atoms with Gasteiger partial charge in [0.05, 0.1) is 25.7 Å². The van der Waals surface area contributed by atoms with Crippen LogP contribution in [-0.4, -0.2) is 35.3 Å². The summed E-state index contributed by atoms with van der Waals surface area (Å²) in [6.45, 7) is 4.59. The molecule has 0 spiro atoms. The van der Waals surface area contributed by atoms with Gasteiger partial charge in [0.2, 0.25) is 0 Å². The van der Waals surface area contributed by atoms with E-state index in [0.717, 1.165) is 38.0 Å². The van der Waals surface area contributed by atoms with Gasteiger partial charge in [-0.05, 0) is 43.4 Å². The molecule has 2 aromatic heterocycles. The largest absolute Gasteiger partial charge is 0.472 e. The number of rotatable bonds is 4. The van der Waals surface area contributed by atoms with E-state index in [1.54, 1.807) is 12.5 Å². The van der Waals surface area contributed by atoms with Crippen LogP contribution in [0.5, 0.6) is 0 Å². The molecule has 1 saturated heterocycles. The Bertz CT molecular complexity index is 874. The summed E-state index contributed by atoms with van der Waals surface area (Å²) in [5.74, 6) is 0.469. The molecule has 1 amide bonds. The molecule has 1 aliphatic rings. The first kappa shape index (κ1) is 16.8. The minimum absolute atomic E-state index is 0.187. The quantitative estimate of drug-likeness (QED) is 0.688. The highest BCUT2D eigenvalue weighted by Gasteiger charge is 2.26. The first-order chi connectivity index (χ1) is 12.8. The zero-order valence-corrected chi connectivity index (χ0v) is 15.1. The van der Waals surface area contributed by atoms with Crippen molar-refractivity contribution in [3.63, 3.8) is 0 Å². The molecule has 0 atom stereocenters. The maximum absolute atomic E-state index is 11.9. The van der Waals surface area contributed by atoms with E-state index in [9.17, 15) is 4.79 Å². The monoisotopic (exact) mass is 352 g/mol. The van der Waals surface area contributed by atoms with Crippen LogP contribution in [0, 0.1) is 0 Å². The number of amides is 1. The summed E-state index contributed by atoms with van der Waals surface area (Å²) < 4.78 is 12.6. The lowest BCUT2D eigenvalue weighted by Gasteiger charge is -2.31. The molecule has 1 fully saturated rings. The van der Waals surface area contributed by atoms with E-state index in [-0.39, 0.29) is 6.09 Å². The van der Waals surface area contributed by atoms with Gasteiger partial charge >= 0.3 is 6.09 Å². The number of piperidine rings is 1. The van der Waals surface area contributed by atoms with Crippen molar-refractivity contribution in [1.29, 1.82) is 0 Å². The summed E-state index contributed by atoms with van der Waals surface area (Å²) in [5.41, 5.74) is 3.79. The van der Waals surface area contributed by atoms with Crippen LogP contribution in [0.1, 0.15) is 36.8 Å². The fourth-order valence-corrected chi connectivity index (χ4v) is 3.90. The van der Waals surface area contributed by atoms with Gasteiger partial charge in [-0.1, -0.05) is 18.2 Å². The van der Waals surface area contributed by atoms with Gasteiger partial charge in [0.1, 0.15) is 0 Å².